The molecule has 2 rings (SSSR count). The number of aryl methyl sites for hydroxylation is 1. The van der Waals surface area contributed by atoms with Crippen molar-refractivity contribution in [1.29, 1.82) is 0 Å². The van der Waals surface area contributed by atoms with E-state index in [2.05, 4.69) is 15.5 Å². The topological polar surface area (TPSA) is 79.8 Å². The van der Waals surface area contributed by atoms with Crippen molar-refractivity contribution in [2.75, 3.05) is 5.32 Å². The predicted octanol–water partition coefficient (Wildman–Crippen LogP) is 0.827. The zero-order chi connectivity index (χ0) is 13.1. The predicted molar refractivity (Wildman–Crippen MR) is 67.4 cm³/mol. The van der Waals surface area contributed by atoms with E-state index in [1.165, 1.54) is 10.6 Å². The average molecular weight is 246 g/mol. The van der Waals surface area contributed by atoms with Crippen molar-refractivity contribution in [3.05, 3.63) is 46.0 Å². The lowest BCUT2D eigenvalue weighted by molar-refractivity contribution is -0.116. The molecule has 0 atom stereocenters. The molecule has 2 aromatic rings. The molecule has 0 spiro atoms. The van der Waals surface area contributed by atoms with Gasteiger partial charge in [-0.05, 0) is 19.9 Å². The van der Waals surface area contributed by atoms with Crippen molar-refractivity contribution in [1.82, 2.24) is 14.8 Å². The van der Waals surface area contributed by atoms with Crippen molar-refractivity contribution < 1.29 is 4.79 Å². The molecule has 0 saturated heterocycles. The monoisotopic (exact) mass is 246 g/mol. The van der Waals surface area contributed by atoms with Crippen LogP contribution >= 0.6 is 0 Å². The van der Waals surface area contributed by atoms with E-state index in [0.717, 1.165) is 11.3 Å². The van der Waals surface area contributed by atoms with Crippen LogP contribution in [0.25, 0.3) is 0 Å². The number of anilines is 1. The molecule has 1 amide bonds. The molecule has 0 radical (unpaired) electrons. The summed E-state index contributed by atoms with van der Waals surface area (Å²) in [7, 11) is 0. The SMILES string of the molecule is Cc1[nH]nc(NC(=O)Cn2ccccc2=O)c1C. The molecule has 2 heterocycles. The highest BCUT2D eigenvalue weighted by molar-refractivity contribution is 5.90. The highest BCUT2D eigenvalue weighted by Gasteiger charge is 2.10. The number of aromatic nitrogens is 3. The summed E-state index contributed by atoms with van der Waals surface area (Å²) in [6, 6.07) is 4.76. The van der Waals surface area contributed by atoms with Gasteiger partial charge in [-0.2, -0.15) is 5.10 Å². The first-order valence-electron chi connectivity index (χ1n) is 5.55. The minimum atomic E-state index is -0.280. The summed E-state index contributed by atoms with van der Waals surface area (Å²) in [5.41, 5.74) is 1.59. The summed E-state index contributed by atoms with van der Waals surface area (Å²) in [6.07, 6.45) is 1.57. The molecular formula is C12H14N4O2. The van der Waals surface area contributed by atoms with Crippen molar-refractivity contribution in [2.24, 2.45) is 0 Å². The number of nitrogens with zero attached hydrogens (tertiary/aromatic N) is 2. The van der Waals surface area contributed by atoms with Gasteiger partial charge in [0.25, 0.3) is 5.56 Å². The number of H-pyrrole nitrogens is 1. The van der Waals surface area contributed by atoms with Crippen LogP contribution in [0.4, 0.5) is 5.82 Å². The van der Waals surface area contributed by atoms with E-state index in [9.17, 15) is 9.59 Å². The van der Waals surface area contributed by atoms with Gasteiger partial charge in [-0.15, -0.1) is 0 Å². The lowest BCUT2D eigenvalue weighted by Gasteiger charge is -2.05. The molecule has 18 heavy (non-hydrogen) atoms. The average Bonchev–Trinajstić information content (AvgIpc) is 2.64. The van der Waals surface area contributed by atoms with Crippen LogP contribution in [0, 0.1) is 13.8 Å². The standard InChI is InChI=1S/C12H14N4O2/c1-8-9(2)14-15-12(8)13-10(17)7-16-6-4-3-5-11(16)18/h3-6H,7H2,1-2H3,(H2,13,14,15,17). The van der Waals surface area contributed by atoms with E-state index in [-0.39, 0.29) is 18.0 Å². The zero-order valence-corrected chi connectivity index (χ0v) is 10.2. The number of hydrogen-bond donors (Lipinski definition) is 2. The second-order valence-electron chi connectivity index (χ2n) is 4.04. The van der Waals surface area contributed by atoms with Gasteiger partial charge in [0, 0.05) is 23.5 Å². The van der Waals surface area contributed by atoms with E-state index < -0.39 is 0 Å². The first kappa shape index (κ1) is 12.1. The maximum Gasteiger partial charge on any atom is 0.250 e. The molecule has 2 N–H and O–H groups in total. The molecule has 0 aliphatic carbocycles. The second kappa shape index (κ2) is 4.87. The molecule has 0 fully saturated rings. The molecule has 2 aromatic heterocycles. The quantitative estimate of drug-likeness (QED) is 0.841. The molecule has 0 aliphatic rings. The van der Waals surface area contributed by atoms with Gasteiger partial charge in [-0.3, -0.25) is 14.7 Å². The zero-order valence-electron chi connectivity index (χ0n) is 10.2. The van der Waals surface area contributed by atoms with Gasteiger partial charge >= 0.3 is 0 Å². The van der Waals surface area contributed by atoms with E-state index in [1.54, 1.807) is 18.3 Å². The smallest absolute Gasteiger partial charge is 0.250 e. The number of hydrogen-bond acceptors (Lipinski definition) is 3. The van der Waals surface area contributed by atoms with Crippen molar-refractivity contribution in [3.8, 4) is 0 Å². The molecule has 6 heteroatoms. The van der Waals surface area contributed by atoms with E-state index in [0.29, 0.717) is 5.82 Å². The normalized spacial score (nSPS) is 10.3. The van der Waals surface area contributed by atoms with Crippen LogP contribution < -0.4 is 10.9 Å². The van der Waals surface area contributed by atoms with Gasteiger partial charge in [0.15, 0.2) is 5.82 Å². The van der Waals surface area contributed by atoms with Crippen LogP contribution in [-0.2, 0) is 11.3 Å². The summed E-state index contributed by atoms with van der Waals surface area (Å²) in [6.45, 7) is 3.72. The Morgan fingerprint density at radius 1 is 1.44 bits per heavy atom. The molecule has 0 unspecified atom stereocenters. The largest absolute Gasteiger partial charge is 0.307 e. The highest BCUT2D eigenvalue weighted by Crippen LogP contribution is 2.13. The lowest BCUT2D eigenvalue weighted by atomic mass is 10.3. The third kappa shape index (κ3) is 2.48. The van der Waals surface area contributed by atoms with E-state index >= 15 is 0 Å². The Kier molecular flexibility index (Phi) is 3.27. The molecular weight excluding hydrogens is 232 g/mol. The molecule has 6 nitrogen and oxygen atoms in total. The number of amides is 1. The summed E-state index contributed by atoms with van der Waals surface area (Å²) >= 11 is 0. The lowest BCUT2D eigenvalue weighted by Crippen LogP contribution is -2.26. The Morgan fingerprint density at radius 2 is 2.22 bits per heavy atom. The number of carbonyl (C=O) groups excluding carboxylic acids is 1. The van der Waals surface area contributed by atoms with Gasteiger partial charge < -0.3 is 9.88 Å². The van der Waals surface area contributed by atoms with Gasteiger partial charge in [0.05, 0.1) is 0 Å². The number of rotatable bonds is 3. The van der Waals surface area contributed by atoms with Crippen LogP contribution in [0.5, 0.6) is 0 Å². The van der Waals surface area contributed by atoms with Gasteiger partial charge in [-0.1, -0.05) is 6.07 Å². The summed E-state index contributed by atoms with van der Waals surface area (Å²) in [5.74, 6) is 0.222. The first-order valence-corrected chi connectivity index (χ1v) is 5.55. The van der Waals surface area contributed by atoms with Crippen molar-refractivity contribution in [3.63, 3.8) is 0 Å². The number of nitrogens with one attached hydrogen (secondary N) is 2. The van der Waals surface area contributed by atoms with Crippen molar-refractivity contribution in [2.45, 2.75) is 20.4 Å². The highest BCUT2D eigenvalue weighted by atomic mass is 16.2. The molecule has 0 aromatic carbocycles. The fourth-order valence-electron chi connectivity index (χ4n) is 1.52. The minimum Gasteiger partial charge on any atom is -0.307 e. The van der Waals surface area contributed by atoms with Crippen LogP contribution in [0.3, 0.4) is 0 Å². The Bertz CT molecular complexity index is 627. The summed E-state index contributed by atoms with van der Waals surface area (Å²) in [4.78, 5) is 23.2. The fraction of sp³-hybridized carbons (Fsp3) is 0.250. The third-order valence-electron chi connectivity index (χ3n) is 2.72. The third-order valence-corrected chi connectivity index (χ3v) is 2.72. The van der Waals surface area contributed by atoms with Gasteiger partial charge in [0.1, 0.15) is 6.54 Å². The Hall–Kier alpha value is -2.37. The Morgan fingerprint density at radius 3 is 2.83 bits per heavy atom. The van der Waals surface area contributed by atoms with Crippen LogP contribution in [0.15, 0.2) is 29.2 Å². The molecule has 0 saturated carbocycles. The van der Waals surface area contributed by atoms with E-state index in [4.69, 9.17) is 0 Å². The second-order valence-corrected chi connectivity index (χ2v) is 4.04. The number of pyridine rings is 1. The number of aromatic amines is 1. The van der Waals surface area contributed by atoms with Gasteiger partial charge in [-0.25, -0.2) is 0 Å². The summed E-state index contributed by atoms with van der Waals surface area (Å²) in [5, 5.41) is 9.42. The van der Waals surface area contributed by atoms with E-state index in [1.807, 2.05) is 13.8 Å². The van der Waals surface area contributed by atoms with Crippen LogP contribution in [0.2, 0.25) is 0 Å². The van der Waals surface area contributed by atoms with Crippen molar-refractivity contribution >= 4 is 11.7 Å². The maximum atomic E-state index is 11.8. The number of carbonyl (C=O) groups is 1. The van der Waals surface area contributed by atoms with Crippen LogP contribution in [0.1, 0.15) is 11.3 Å². The minimum absolute atomic E-state index is 0.0228. The van der Waals surface area contributed by atoms with Crippen LogP contribution in [-0.4, -0.2) is 20.7 Å². The van der Waals surface area contributed by atoms with Gasteiger partial charge in [0.2, 0.25) is 5.91 Å². The molecule has 0 aliphatic heterocycles. The maximum absolute atomic E-state index is 11.8. The first-order chi connectivity index (χ1) is 8.58. The Labute approximate surface area is 104 Å². The Balaban J connectivity index is 2.08. The fourth-order valence-corrected chi connectivity index (χ4v) is 1.52. The molecule has 94 valence electrons. The molecule has 0 bridgehead atoms. The summed E-state index contributed by atoms with van der Waals surface area (Å²) < 4.78 is 1.34.